The Hall–Kier alpha value is -0.260. The largest absolute Gasteiger partial charge is 0.0739 e. The summed E-state index contributed by atoms with van der Waals surface area (Å²) in [5.41, 5.74) is 2.96. The first kappa shape index (κ1) is 6.45. The fourth-order valence-electron chi connectivity index (χ4n) is 1.74. The molecule has 0 saturated carbocycles. The zero-order valence-electron chi connectivity index (χ0n) is 8.44. The van der Waals surface area contributed by atoms with Gasteiger partial charge in [0.05, 0.1) is 0 Å². The smallest absolute Gasteiger partial charge is 0.0275 e. The van der Waals surface area contributed by atoms with Gasteiger partial charge in [-0.2, -0.15) is 0 Å². The molecular weight excluding hydrogens is 120 g/mol. The summed E-state index contributed by atoms with van der Waals surface area (Å²) >= 11 is 0. The summed E-state index contributed by atoms with van der Waals surface area (Å²) in [5, 5.41) is 0. The SMILES string of the molecule is [3H]C1C(C)CC(C)=C(C)C1C. The van der Waals surface area contributed by atoms with Crippen LogP contribution < -0.4 is 0 Å². The maximum atomic E-state index is 7.87. The van der Waals surface area contributed by atoms with Crippen molar-refractivity contribution in [3.8, 4) is 0 Å². The molecule has 0 spiro atoms. The van der Waals surface area contributed by atoms with Crippen LogP contribution in [0.15, 0.2) is 11.1 Å². The third-order valence-electron chi connectivity index (χ3n) is 2.60. The number of hydrogen-bond acceptors (Lipinski definition) is 0. The summed E-state index contributed by atoms with van der Waals surface area (Å²) in [6, 6.07) is 0. The van der Waals surface area contributed by atoms with Gasteiger partial charge in [-0.1, -0.05) is 25.0 Å². The summed E-state index contributed by atoms with van der Waals surface area (Å²) in [7, 11) is 0. The van der Waals surface area contributed by atoms with Crippen LogP contribution in [0.5, 0.6) is 0 Å². The van der Waals surface area contributed by atoms with Gasteiger partial charge in [0.15, 0.2) is 0 Å². The maximum Gasteiger partial charge on any atom is 0.0275 e. The van der Waals surface area contributed by atoms with E-state index in [0.29, 0.717) is 11.8 Å². The molecule has 0 saturated heterocycles. The summed E-state index contributed by atoms with van der Waals surface area (Å²) in [6.45, 7) is 8.73. The molecule has 0 aromatic carbocycles. The molecule has 0 aliphatic heterocycles. The maximum absolute atomic E-state index is 7.87. The van der Waals surface area contributed by atoms with E-state index >= 15 is 0 Å². The molecule has 0 heteroatoms. The molecule has 1 aliphatic carbocycles. The van der Waals surface area contributed by atoms with Crippen LogP contribution >= 0.6 is 0 Å². The second-order valence-corrected chi connectivity index (χ2v) is 3.63. The lowest BCUT2D eigenvalue weighted by molar-refractivity contribution is 0.416. The Morgan fingerprint density at radius 2 is 2.00 bits per heavy atom. The molecule has 0 nitrogen and oxygen atoms in total. The van der Waals surface area contributed by atoms with E-state index in [0.717, 1.165) is 6.42 Å². The minimum absolute atomic E-state index is 0.124. The van der Waals surface area contributed by atoms with Crippen molar-refractivity contribution in [3.63, 3.8) is 0 Å². The lowest BCUT2D eigenvalue weighted by atomic mass is 9.80. The Bertz CT molecular complexity index is 181. The number of allylic oxidation sites excluding steroid dienone is 2. The van der Waals surface area contributed by atoms with Crippen LogP contribution in [0.3, 0.4) is 0 Å². The molecule has 1 aliphatic rings. The van der Waals surface area contributed by atoms with Gasteiger partial charge in [-0.25, -0.2) is 0 Å². The minimum atomic E-state index is 0.124. The summed E-state index contributed by atoms with van der Waals surface area (Å²) in [4.78, 5) is 0. The summed E-state index contributed by atoms with van der Waals surface area (Å²) < 4.78 is 7.87. The highest BCUT2D eigenvalue weighted by Gasteiger charge is 2.18. The van der Waals surface area contributed by atoms with Crippen molar-refractivity contribution in [1.29, 1.82) is 0 Å². The Labute approximate surface area is 65.7 Å². The molecule has 3 unspecified atom stereocenters. The quantitative estimate of drug-likeness (QED) is 0.452. The highest BCUT2D eigenvalue weighted by molar-refractivity contribution is 5.15. The van der Waals surface area contributed by atoms with Crippen LogP contribution in [0.1, 0.15) is 41.9 Å². The van der Waals surface area contributed by atoms with Gasteiger partial charge in [-0.15, -0.1) is 0 Å². The Morgan fingerprint density at radius 3 is 2.60 bits per heavy atom. The topological polar surface area (TPSA) is 0 Å². The molecule has 0 fully saturated rings. The van der Waals surface area contributed by atoms with Gasteiger partial charge in [0, 0.05) is 1.37 Å². The van der Waals surface area contributed by atoms with Gasteiger partial charge in [0.25, 0.3) is 0 Å². The van der Waals surface area contributed by atoms with E-state index in [-0.39, 0.29) is 6.40 Å². The number of rotatable bonds is 0. The van der Waals surface area contributed by atoms with Crippen molar-refractivity contribution in [3.05, 3.63) is 11.1 Å². The summed E-state index contributed by atoms with van der Waals surface area (Å²) in [6.07, 6.45) is 1.25. The van der Waals surface area contributed by atoms with Crippen molar-refractivity contribution in [2.45, 2.75) is 40.5 Å². The molecule has 10 heavy (non-hydrogen) atoms. The fourth-order valence-corrected chi connectivity index (χ4v) is 1.74. The highest BCUT2D eigenvalue weighted by atomic mass is 14.2. The van der Waals surface area contributed by atoms with Crippen LogP contribution in [-0.2, 0) is 0 Å². The molecule has 3 atom stereocenters. The molecule has 0 N–H and O–H groups in total. The van der Waals surface area contributed by atoms with Crippen LogP contribution in [0, 0.1) is 11.8 Å². The predicted molar refractivity (Wildman–Crippen MR) is 45.9 cm³/mol. The van der Waals surface area contributed by atoms with E-state index in [4.69, 9.17) is 1.37 Å². The van der Waals surface area contributed by atoms with E-state index < -0.39 is 0 Å². The predicted octanol–water partition coefficient (Wildman–Crippen LogP) is 3.39. The average Bonchev–Trinajstić information content (AvgIpc) is 1.97. The fraction of sp³-hybridized carbons (Fsp3) is 0.800. The van der Waals surface area contributed by atoms with Crippen LogP contribution in [0.25, 0.3) is 0 Å². The molecule has 58 valence electrons. The van der Waals surface area contributed by atoms with Gasteiger partial charge in [0.1, 0.15) is 0 Å². The lowest BCUT2D eigenvalue weighted by Gasteiger charge is -2.26. The van der Waals surface area contributed by atoms with E-state index in [1.807, 2.05) is 0 Å². The molecule has 0 radical (unpaired) electrons. The van der Waals surface area contributed by atoms with Crippen molar-refractivity contribution in [1.82, 2.24) is 0 Å². The first-order valence-electron chi connectivity index (χ1n) is 4.70. The molecule has 0 amide bonds. The van der Waals surface area contributed by atoms with Crippen LogP contribution in [0.4, 0.5) is 0 Å². The van der Waals surface area contributed by atoms with Crippen molar-refractivity contribution in [2.75, 3.05) is 0 Å². The second kappa shape index (κ2) is 2.77. The van der Waals surface area contributed by atoms with Gasteiger partial charge in [0.2, 0.25) is 0 Å². The van der Waals surface area contributed by atoms with Crippen LogP contribution in [-0.4, -0.2) is 0 Å². The molecule has 0 aromatic heterocycles. The average molecular weight is 140 g/mol. The van der Waals surface area contributed by atoms with E-state index in [9.17, 15) is 0 Å². The third kappa shape index (κ3) is 1.42. The van der Waals surface area contributed by atoms with Crippen molar-refractivity contribution < 1.29 is 1.37 Å². The minimum Gasteiger partial charge on any atom is -0.0739 e. The van der Waals surface area contributed by atoms with Gasteiger partial charge >= 0.3 is 0 Å². The molecule has 0 aromatic rings. The Morgan fingerprint density at radius 1 is 1.40 bits per heavy atom. The highest BCUT2D eigenvalue weighted by Crippen LogP contribution is 2.32. The zero-order valence-corrected chi connectivity index (χ0v) is 7.44. The lowest BCUT2D eigenvalue weighted by Crippen LogP contribution is -2.12. The van der Waals surface area contributed by atoms with Gasteiger partial charge in [-0.3, -0.25) is 0 Å². The normalized spacial score (nSPS) is 43.6. The molecular formula is C10H18. The van der Waals surface area contributed by atoms with Crippen molar-refractivity contribution in [2.24, 2.45) is 11.8 Å². The number of hydrogen-bond donors (Lipinski definition) is 0. The first-order valence-corrected chi connectivity index (χ1v) is 4.12. The van der Waals surface area contributed by atoms with Gasteiger partial charge in [-0.05, 0) is 38.5 Å². The molecule has 1 rings (SSSR count). The molecule has 0 heterocycles. The van der Waals surface area contributed by atoms with Gasteiger partial charge < -0.3 is 0 Å². The standard InChI is InChI=1S/C10H18/c1-7-5-8(2)10(4)9(3)6-7/h7-8H,5-6H2,1-4H3/i5T. The Balaban J connectivity index is 2.86. The second-order valence-electron chi connectivity index (χ2n) is 3.63. The first-order chi connectivity index (χ1) is 5.04. The zero-order chi connectivity index (χ0) is 8.59. The van der Waals surface area contributed by atoms with E-state index in [2.05, 4.69) is 27.7 Å². The Kier molecular flexibility index (Phi) is 1.79. The van der Waals surface area contributed by atoms with Crippen LogP contribution in [0.2, 0.25) is 0 Å². The third-order valence-corrected chi connectivity index (χ3v) is 2.60. The monoisotopic (exact) mass is 140 g/mol. The van der Waals surface area contributed by atoms with E-state index in [1.54, 1.807) is 0 Å². The van der Waals surface area contributed by atoms with Crippen molar-refractivity contribution >= 4 is 0 Å². The molecule has 0 bridgehead atoms. The van der Waals surface area contributed by atoms with E-state index in [1.165, 1.54) is 11.1 Å². The summed E-state index contributed by atoms with van der Waals surface area (Å²) in [5.74, 6) is 1.02.